The molecule has 0 radical (unpaired) electrons. The van der Waals surface area contributed by atoms with Crippen molar-refractivity contribution in [2.24, 2.45) is 0 Å². The number of halogens is 3. The van der Waals surface area contributed by atoms with Crippen molar-refractivity contribution in [3.63, 3.8) is 0 Å². The Labute approximate surface area is 181 Å². The van der Waals surface area contributed by atoms with Gasteiger partial charge in [0.05, 0.1) is 12.2 Å². The van der Waals surface area contributed by atoms with Crippen molar-refractivity contribution < 1.29 is 22.8 Å². The van der Waals surface area contributed by atoms with Crippen molar-refractivity contribution in [3.05, 3.63) is 29.8 Å². The number of carbonyl (C=O) groups is 1. The van der Waals surface area contributed by atoms with Gasteiger partial charge in [0, 0.05) is 70.5 Å². The zero-order valence-electron chi connectivity index (χ0n) is 17.8. The third-order valence-electron chi connectivity index (χ3n) is 6.52. The lowest BCUT2D eigenvalue weighted by atomic mass is 10.0. The molecule has 1 atom stereocenters. The summed E-state index contributed by atoms with van der Waals surface area (Å²) in [6.07, 6.45) is -0.771. The molecule has 172 valence electrons. The molecule has 1 amide bonds. The van der Waals surface area contributed by atoms with Crippen molar-refractivity contribution in [1.82, 2.24) is 14.9 Å². The van der Waals surface area contributed by atoms with Crippen LogP contribution in [-0.4, -0.2) is 85.8 Å². The highest BCUT2D eigenvalue weighted by Crippen LogP contribution is 2.32. The average molecular weight is 441 g/mol. The van der Waals surface area contributed by atoms with E-state index in [1.807, 2.05) is 14.9 Å². The highest BCUT2D eigenvalue weighted by molar-refractivity contribution is 5.76. The van der Waals surface area contributed by atoms with E-state index in [9.17, 15) is 18.0 Å². The first kappa shape index (κ1) is 22.4. The molecule has 3 fully saturated rings. The Hall–Kier alpha value is -1.84. The van der Waals surface area contributed by atoms with Gasteiger partial charge in [0.2, 0.25) is 5.91 Å². The van der Waals surface area contributed by atoms with Gasteiger partial charge in [-0.1, -0.05) is 6.07 Å². The molecule has 0 aliphatic carbocycles. The first-order valence-electron chi connectivity index (χ1n) is 11.2. The van der Waals surface area contributed by atoms with E-state index in [1.165, 1.54) is 12.1 Å². The topological polar surface area (TPSA) is 39.3 Å². The van der Waals surface area contributed by atoms with Gasteiger partial charge in [0.25, 0.3) is 0 Å². The number of hydroxylamine groups is 2. The van der Waals surface area contributed by atoms with Gasteiger partial charge >= 0.3 is 6.18 Å². The lowest BCUT2D eigenvalue weighted by Gasteiger charge is -2.44. The van der Waals surface area contributed by atoms with Gasteiger partial charge in [-0.2, -0.15) is 18.2 Å². The normalized spacial score (nSPS) is 24.0. The second kappa shape index (κ2) is 9.75. The summed E-state index contributed by atoms with van der Waals surface area (Å²) in [5, 5.41) is 1.88. The summed E-state index contributed by atoms with van der Waals surface area (Å²) in [5.74, 6) is 0.183. The minimum absolute atomic E-state index is 0.183. The predicted molar refractivity (Wildman–Crippen MR) is 112 cm³/mol. The van der Waals surface area contributed by atoms with Gasteiger partial charge in [-0.3, -0.25) is 14.5 Å². The lowest BCUT2D eigenvalue weighted by Crippen LogP contribution is -2.56. The van der Waals surface area contributed by atoms with Gasteiger partial charge in [-0.15, -0.1) is 0 Å². The van der Waals surface area contributed by atoms with Crippen molar-refractivity contribution in [1.29, 1.82) is 0 Å². The number of rotatable bonds is 5. The fourth-order valence-corrected chi connectivity index (χ4v) is 4.76. The molecule has 3 heterocycles. The van der Waals surface area contributed by atoms with E-state index in [-0.39, 0.29) is 5.91 Å². The molecule has 6 nitrogen and oxygen atoms in total. The molecule has 3 aliphatic rings. The zero-order valence-corrected chi connectivity index (χ0v) is 17.8. The standard InChI is InChI=1S/C22H31F3N4O2/c23-22(24,25)18-4-1-5-19(16-18)26-11-13-27(14-12-26)20-6-2-8-28(17-20)21(30)7-10-29-9-3-15-31-29/h1,4-5,16,20H,2-3,6-15,17H2/t20-/m1/s1. The van der Waals surface area contributed by atoms with E-state index in [0.29, 0.717) is 37.8 Å². The van der Waals surface area contributed by atoms with Gasteiger partial charge in [0.1, 0.15) is 0 Å². The Morgan fingerprint density at radius 2 is 1.87 bits per heavy atom. The quantitative estimate of drug-likeness (QED) is 0.704. The zero-order chi connectivity index (χ0) is 21.8. The second-order valence-electron chi connectivity index (χ2n) is 8.57. The van der Waals surface area contributed by atoms with Gasteiger partial charge in [-0.25, -0.2) is 0 Å². The number of benzene rings is 1. The van der Waals surface area contributed by atoms with Crippen LogP contribution in [0.5, 0.6) is 0 Å². The maximum absolute atomic E-state index is 13.0. The van der Waals surface area contributed by atoms with Crippen molar-refractivity contribution in [2.75, 3.05) is 63.9 Å². The first-order chi connectivity index (χ1) is 14.9. The fourth-order valence-electron chi connectivity index (χ4n) is 4.76. The van der Waals surface area contributed by atoms with Gasteiger partial charge in [-0.05, 0) is 37.5 Å². The second-order valence-corrected chi connectivity index (χ2v) is 8.57. The Bertz CT molecular complexity index is 747. The van der Waals surface area contributed by atoms with Crippen LogP contribution in [0.2, 0.25) is 0 Å². The molecule has 1 aromatic rings. The number of hydrogen-bond acceptors (Lipinski definition) is 5. The van der Waals surface area contributed by atoms with Crippen LogP contribution in [0.4, 0.5) is 18.9 Å². The number of likely N-dealkylation sites (tertiary alicyclic amines) is 1. The highest BCUT2D eigenvalue weighted by atomic mass is 19.4. The van der Waals surface area contributed by atoms with E-state index in [4.69, 9.17) is 4.84 Å². The molecular formula is C22H31F3N4O2. The Balaban J connectivity index is 1.27. The summed E-state index contributed by atoms with van der Waals surface area (Å²) in [6, 6.07) is 5.90. The molecule has 1 aromatic carbocycles. The first-order valence-corrected chi connectivity index (χ1v) is 11.2. The van der Waals surface area contributed by atoms with Crippen molar-refractivity contribution >= 4 is 11.6 Å². The molecule has 3 saturated heterocycles. The summed E-state index contributed by atoms with van der Waals surface area (Å²) in [4.78, 5) is 24.5. The minimum Gasteiger partial charge on any atom is -0.369 e. The van der Waals surface area contributed by atoms with Crippen LogP contribution in [0.15, 0.2) is 24.3 Å². The van der Waals surface area contributed by atoms with Crippen LogP contribution in [0.1, 0.15) is 31.2 Å². The molecule has 0 saturated carbocycles. The van der Waals surface area contributed by atoms with Crippen molar-refractivity contribution in [3.8, 4) is 0 Å². The smallest absolute Gasteiger partial charge is 0.369 e. The van der Waals surface area contributed by atoms with Crippen LogP contribution >= 0.6 is 0 Å². The maximum atomic E-state index is 13.0. The number of anilines is 1. The molecule has 0 N–H and O–H groups in total. The number of carbonyl (C=O) groups excluding carboxylic acids is 1. The van der Waals surface area contributed by atoms with Crippen LogP contribution in [0, 0.1) is 0 Å². The molecule has 4 rings (SSSR count). The lowest BCUT2D eigenvalue weighted by molar-refractivity contribution is -0.140. The summed E-state index contributed by atoms with van der Waals surface area (Å²) < 4.78 is 39.0. The summed E-state index contributed by atoms with van der Waals surface area (Å²) in [7, 11) is 0. The van der Waals surface area contributed by atoms with Crippen LogP contribution < -0.4 is 4.90 Å². The number of piperidine rings is 1. The number of hydrogen-bond donors (Lipinski definition) is 0. The Kier molecular flexibility index (Phi) is 7.03. The molecule has 0 aromatic heterocycles. The van der Waals surface area contributed by atoms with Crippen LogP contribution in [0.25, 0.3) is 0 Å². The fraction of sp³-hybridized carbons (Fsp3) is 0.682. The van der Waals surface area contributed by atoms with Crippen LogP contribution in [0.3, 0.4) is 0 Å². The number of amides is 1. The average Bonchev–Trinajstić information content (AvgIpc) is 3.31. The van der Waals surface area contributed by atoms with E-state index >= 15 is 0 Å². The van der Waals surface area contributed by atoms with E-state index < -0.39 is 11.7 Å². The molecule has 3 aliphatic heterocycles. The van der Waals surface area contributed by atoms with E-state index in [0.717, 1.165) is 64.7 Å². The number of alkyl halides is 3. The summed E-state index contributed by atoms with van der Waals surface area (Å²) in [6.45, 7) is 6.81. The Morgan fingerprint density at radius 1 is 1.06 bits per heavy atom. The number of piperazine rings is 1. The summed E-state index contributed by atoms with van der Waals surface area (Å²) >= 11 is 0. The van der Waals surface area contributed by atoms with E-state index in [2.05, 4.69) is 4.90 Å². The van der Waals surface area contributed by atoms with E-state index in [1.54, 1.807) is 6.07 Å². The Morgan fingerprint density at radius 3 is 2.58 bits per heavy atom. The SMILES string of the molecule is O=C(CCN1CCCO1)N1CCC[C@@H](N2CCN(c3cccc(C(F)(F)F)c3)CC2)C1. The van der Waals surface area contributed by atoms with Crippen molar-refractivity contribution in [2.45, 2.75) is 37.9 Å². The molecule has 0 unspecified atom stereocenters. The maximum Gasteiger partial charge on any atom is 0.416 e. The number of nitrogens with zero attached hydrogens (tertiary/aromatic N) is 4. The predicted octanol–water partition coefficient (Wildman–Crippen LogP) is 2.85. The molecular weight excluding hydrogens is 409 g/mol. The largest absolute Gasteiger partial charge is 0.416 e. The molecule has 0 bridgehead atoms. The molecule has 0 spiro atoms. The highest BCUT2D eigenvalue weighted by Gasteiger charge is 2.32. The van der Waals surface area contributed by atoms with Gasteiger partial charge in [0.15, 0.2) is 0 Å². The third-order valence-corrected chi connectivity index (χ3v) is 6.52. The molecule has 9 heteroatoms. The minimum atomic E-state index is -4.32. The third kappa shape index (κ3) is 5.70. The molecule has 31 heavy (non-hydrogen) atoms. The monoisotopic (exact) mass is 440 g/mol. The van der Waals surface area contributed by atoms with Gasteiger partial charge < -0.3 is 9.80 Å². The van der Waals surface area contributed by atoms with Crippen LogP contribution in [-0.2, 0) is 15.8 Å². The summed E-state index contributed by atoms with van der Waals surface area (Å²) in [5.41, 5.74) is 0.0206.